The maximum atomic E-state index is 13.5. The molecule has 1 heterocycles. The van der Waals surface area contributed by atoms with E-state index in [1.807, 2.05) is 18.2 Å². The average molecular weight is 373 g/mol. The Kier molecular flexibility index (Phi) is 5.15. The predicted molar refractivity (Wildman–Crippen MR) is 110 cm³/mol. The number of para-hydroxylation sites is 1. The normalized spacial score (nSPS) is 10.8. The van der Waals surface area contributed by atoms with Gasteiger partial charge in [0.15, 0.2) is 0 Å². The van der Waals surface area contributed by atoms with Gasteiger partial charge in [0.25, 0.3) is 0 Å². The van der Waals surface area contributed by atoms with Crippen LogP contribution in [-0.4, -0.2) is 23.6 Å². The molecule has 0 saturated heterocycles. The number of anilines is 1. The lowest BCUT2D eigenvalue weighted by atomic mass is 10.0. The van der Waals surface area contributed by atoms with Gasteiger partial charge in [0, 0.05) is 17.5 Å². The smallest absolute Gasteiger partial charge is 0.137 e. The Balaban J connectivity index is 1.44. The zero-order valence-electron chi connectivity index (χ0n) is 15.5. The number of hydrogen-bond acceptors (Lipinski definition) is 4. The van der Waals surface area contributed by atoms with Crippen LogP contribution >= 0.6 is 0 Å². The quantitative estimate of drug-likeness (QED) is 0.511. The second-order valence-corrected chi connectivity index (χ2v) is 6.46. The van der Waals surface area contributed by atoms with Crippen LogP contribution in [0.4, 0.5) is 10.2 Å². The van der Waals surface area contributed by atoms with Crippen molar-refractivity contribution >= 4 is 16.7 Å². The summed E-state index contributed by atoms with van der Waals surface area (Å²) in [5, 5.41) is 3.98. The summed E-state index contributed by atoms with van der Waals surface area (Å²) in [7, 11) is 1.68. The van der Waals surface area contributed by atoms with E-state index in [9.17, 15) is 4.39 Å². The van der Waals surface area contributed by atoms with Gasteiger partial charge in [-0.2, -0.15) is 0 Å². The number of methoxy groups -OCH3 is 1. The molecule has 5 heteroatoms. The highest BCUT2D eigenvalue weighted by molar-refractivity contribution is 5.88. The zero-order valence-corrected chi connectivity index (χ0v) is 15.5. The average Bonchev–Trinajstić information content (AvgIpc) is 2.74. The fourth-order valence-corrected chi connectivity index (χ4v) is 3.23. The molecule has 4 nitrogen and oxygen atoms in total. The first-order chi connectivity index (χ1) is 13.7. The van der Waals surface area contributed by atoms with Gasteiger partial charge >= 0.3 is 0 Å². The molecular weight excluding hydrogens is 353 g/mol. The summed E-state index contributed by atoms with van der Waals surface area (Å²) in [5.74, 6) is 1.22. The number of rotatable bonds is 6. The molecule has 0 amide bonds. The van der Waals surface area contributed by atoms with Gasteiger partial charge in [0.05, 0.1) is 12.6 Å². The molecule has 0 spiro atoms. The monoisotopic (exact) mass is 373 g/mol. The summed E-state index contributed by atoms with van der Waals surface area (Å²) in [5.41, 5.74) is 4.12. The second-order valence-electron chi connectivity index (χ2n) is 6.46. The molecule has 0 atom stereocenters. The van der Waals surface area contributed by atoms with Crippen molar-refractivity contribution in [2.75, 3.05) is 19.0 Å². The molecule has 0 aliphatic carbocycles. The zero-order chi connectivity index (χ0) is 19.3. The van der Waals surface area contributed by atoms with Crippen molar-refractivity contribution in [3.05, 3.63) is 84.4 Å². The maximum absolute atomic E-state index is 13.5. The van der Waals surface area contributed by atoms with Crippen molar-refractivity contribution in [2.45, 2.75) is 6.42 Å². The molecule has 0 saturated carbocycles. The molecule has 0 radical (unpaired) electrons. The molecule has 1 aromatic heterocycles. The number of benzene rings is 3. The van der Waals surface area contributed by atoms with Crippen molar-refractivity contribution in [1.29, 1.82) is 0 Å². The predicted octanol–water partition coefficient (Wildman–Crippen LogP) is 5.10. The van der Waals surface area contributed by atoms with Crippen LogP contribution < -0.4 is 10.1 Å². The number of halogens is 1. The first kappa shape index (κ1) is 17.9. The maximum Gasteiger partial charge on any atom is 0.137 e. The highest BCUT2D eigenvalue weighted by atomic mass is 19.1. The van der Waals surface area contributed by atoms with Crippen LogP contribution in [0.1, 0.15) is 5.56 Å². The van der Waals surface area contributed by atoms with E-state index < -0.39 is 0 Å². The van der Waals surface area contributed by atoms with Crippen LogP contribution in [0.5, 0.6) is 5.75 Å². The number of nitrogens with one attached hydrogen (secondary N) is 1. The lowest BCUT2D eigenvalue weighted by Gasteiger charge is -2.10. The minimum absolute atomic E-state index is 0.294. The third-order valence-electron chi connectivity index (χ3n) is 4.68. The first-order valence-electron chi connectivity index (χ1n) is 9.11. The molecule has 0 aliphatic heterocycles. The molecule has 28 heavy (non-hydrogen) atoms. The Morgan fingerprint density at radius 1 is 0.964 bits per heavy atom. The minimum Gasteiger partial charge on any atom is -0.496 e. The van der Waals surface area contributed by atoms with Gasteiger partial charge in [-0.05, 0) is 41.8 Å². The van der Waals surface area contributed by atoms with Crippen LogP contribution in [-0.2, 0) is 6.42 Å². The Morgan fingerprint density at radius 2 is 1.79 bits per heavy atom. The lowest BCUT2D eigenvalue weighted by molar-refractivity contribution is 0.416. The molecule has 0 bridgehead atoms. The molecular formula is C23H20FN3O. The van der Waals surface area contributed by atoms with Crippen molar-refractivity contribution in [1.82, 2.24) is 9.97 Å². The lowest BCUT2D eigenvalue weighted by Crippen LogP contribution is -2.07. The Labute approximate surface area is 163 Å². The molecule has 3 aromatic carbocycles. The third kappa shape index (κ3) is 3.78. The van der Waals surface area contributed by atoms with E-state index in [4.69, 9.17) is 4.74 Å². The fourth-order valence-electron chi connectivity index (χ4n) is 3.23. The molecule has 140 valence electrons. The van der Waals surface area contributed by atoms with Crippen molar-refractivity contribution in [3.63, 3.8) is 0 Å². The molecule has 1 N–H and O–H groups in total. The summed E-state index contributed by atoms with van der Waals surface area (Å²) >= 11 is 0. The Morgan fingerprint density at radius 3 is 2.61 bits per heavy atom. The second kappa shape index (κ2) is 8.05. The van der Waals surface area contributed by atoms with E-state index in [0.29, 0.717) is 17.7 Å². The van der Waals surface area contributed by atoms with Gasteiger partial charge in [-0.3, -0.25) is 0 Å². The third-order valence-corrected chi connectivity index (χ3v) is 4.68. The van der Waals surface area contributed by atoms with Gasteiger partial charge in [0.2, 0.25) is 0 Å². The van der Waals surface area contributed by atoms with Crippen LogP contribution in [0.2, 0.25) is 0 Å². The number of nitrogens with zero attached hydrogens (tertiary/aromatic N) is 2. The number of fused-ring (bicyclic) bond motifs is 1. The van der Waals surface area contributed by atoms with Crippen LogP contribution in [0.25, 0.3) is 22.0 Å². The van der Waals surface area contributed by atoms with Crippen LogP contribution in [0, 0.1) is 5.82 Å². The van der Waals surface area contributed by atoms with E-state index >= 15 is 0 Å². The molecule has 4 rings (SSSR count). The summed E-state index contributed by atoms with van der Waals surface area (Å²) in [6.45, 7) is 0.691. The van der Waals surface area contributed by atoms with Crippen LogP contribution in [0.3, 0.4) is 0 Å². The Bertz CT molecular complexity index is 1100. The Hall–Kier alpha value is -3.47. The standard InChI is InChI=1S/C23H20FN3O/c1-28-22-5-3-2-4-19(22)17-8-6-16(7-9-17)12-13-25-23-20-14-18(24)10-11-21(20)26-15-27-23/h2-11,14-15H,12-13H2,1H3,(H,25,26,27). The fraction of sp³-hybridized carbons (Fsp3) is 0.130. The van der Waals surface area contributed by atoms with E-state index in [2.05, 4.69) is 45.6 Å². The summed E-state index contributed by atoms with van der Waals surface area (Å²) < 4.78 is 19.0. The van der Waals surface area contributed by atoms with E-state index in [-0.39, 0.29) is 5.82 Å². The SMILES string of the molecule is COc1ccccc1-c1ccc(CCNc2ncnc3ccc(F)cc23)cc1. The van der Waals surface area contributed by atoms with Crippen molar-refractivity contribution in [2.24, 2.45) is 0 Å². The van der Waals surface area contributed by atoms with E-state index in [1.165, 1.54) is 24.0 Å². The topological polar surface area (TPSA) is 47.0 Å². The highest BCUT2D eigenvalue weighted by Crippen LogP contribution is 2.29. The van der Waals surface area contributed by atoms with Crippen molar-refractivity contribution < 1.29 is 9.13 Å². The highest BCUT2D eigenvalue weighted by Gasteiger charge is 2.06. The van der Waals surface area contributed by atoms with Gasteiger partial charge in [-0.25, -0.2) is 14.4 Å². The number of ether oxygens (including phenoxy) is 1. The molecule has 0 unspecified atom stereocenters. The number of aromatic nitrogens is 2. The van der Waals surface area contributed by atoms with Gasteiger partial charge in [-0.15, -0.1) is 0 Å². The summed E-state index contributed by atoms with van der Waals surface area (Å²) in [6.07, 6.45) is 2.32. The van der Waals surface area contributed by atoms with Crippen LogP contribution in [0.15, 0.2) is 73.1 Å². The first-order valence-corrected chi connectivity index (χ1v) is 9.11. The molecule has 0 fully saturated rings. The largest absolute Gasteiger partial charge is 0.496 e. The minimum atomic E-state index is -0.294. The van der Waals surface area contributed by atoms with E-state index in [1.54, 1.807) is 13.2 Å². The van der Waals surface area contributed by atoms with Gasteiger partial charge in [0.1, 0.15) is 23.7 Å². The molecule has 4 aromatic rings. The summed E-state index contributed by atoms with van der Waals surface area (Å²) in [4.78, 5) is 8.42. The number of hydrogen-bond donors (Lipinski definition) is 1. The van der Waals surface area contributed by atoms with Gasteiger partial charge in [-0.1, -0.05) is 42.5 Å². The molecule has 0 aliphatic rings. The summed E-state index contributed by atoms with van der Waals surface area (Å²) in [6, 6.07) is 20.9. The van der Waals surface area contributed by atoms with Crippen molar-refractivity contribution in [3.8, 4) is 16.9 Å². The van der Waals surface area contributed by atoms with E-state index in [0.717, 1.165) is 28.8 Å². The van der Waals surface area contributed by atoms with Gasteiger partial charge < -0.3 is 10.1 Å².